The van der Waals surface area contributed by atoms with Gasteiger partial charge >= 0.3 is 0 Å². The van der Waals surface area contributed by atoms with Gasteiger partial charge in [0.25, 0.3) is 0 Å². The zero-order valence-corrected chi connectivity index (χ0v) is 8.88. The Bertz CT molecular complexity index is 220. The maximum Gasteiger partial charge on any atom is 0.227 e. The van der Waals surface area contributed by atoms with E-state index in [9.17, 15) is 9.59 Å². The number of amides is 1. The van der Waals surface area contributed by atoms with Crippen molar-refractivity contribution in [3.63, 3.8) is 0 Å². The summed E-state index contributed by atoms with van der Waals surface area (Å²) in [5.74, 6) is -0.206. The second kappa shape index (κ2) is 5.10. The van der Waals surface area contributed by atoms with Crippen molar-refractivity contribution in [3.05, 3.63) is 0 Å². The Morgan fingerprint density at radius 3 is 2.43 bits per heavy atom. The second-order valence-electron chi connectivity index (χ2n) is 4.02. The van der Waals surface area contributed by atoms with E-state index in [1.165, 1.54) is 6.92 Å². The van der Waals surface area contributed by atoms with Gasteiger partial charge in [0.05, 0.1) is 6.42 Å². The quantitative estimate of drug-likeness (QED) is 0.658. The topological polar surface area (TPSA) is 49.4 Å². The zero-order valence-electron chi connectivity index (χ0n) is 8.88. The first kappa shape index (κ1) is 11.2. The predicted octanol–water partition coefficient (Wildman–Crippen LogP) is 0.176. The van der Waals surface area contributed by atoms with Crippen LogP contribution in [0.5, 0.6) is 0 Å². The molecule has 1 aliphatic rings. The standard InChI is InChI=1S/C10H18N2O2/c1-8(13)7-10(14)11-9-3-5-12(2)6-4-9/h9H,3-7H2,1-2H3,(H,11,14). The number of piperidine rings is 1. The Labute approximate surface area is 84.7 Å². The third-order valence-corrected chi connectivity index (χ3v) is 2.49. The molecule has 1 fully saturated rings. The third-order valence-electron chi connectivity index (χ3n) is 2.49. The van der Waals surface area contributed by atoms with Gasteiger partial charge in [0.2, 0.25) is 5.91 Å². The van der Waals surface area contributed by atoms with E-state index in [2.05, 4.69) is 17.3 Å². The van der Waals surface area contributed by atoms with Crippen LogP contribution in [0.25, 0.3) is 0 Å². The van der Waals surface area contributed by atoms with Crippen LogP contribution < -0.4 is 5.32 Å². The SMILES string of the molecule is CC(=O)CC(=O)NC1CCN(C)CC1. The van der Waals surface area contributed by atoms with Gasteiger partial charge in [-0.3, -0.25) is 9.59 Å². The molecule has 1 saturated heterocycles. The number of hydrogen-bond donors (Lipinski definition) is 1. The summed E-state index contributed by atoms with van der Waals surface area (Å²) >= 11 is 0. The van der Waals surface area contributed by atoms with Crippen LogP contribution in [0.3, 0.4) is 0 Å². The van der Waals surface area contributed by atoms with E-state index in [0.717, 1.165) is 25.9 Å². The lowest BCUT2D eigenvalue weighted by Gasteiger charge is -2.29. The molecule has 0 aliphatic carbocycles. The van der Waals surface area contributed by atoms with Crippen molar-refractivity contribution in [2.75, 3.05) is 20.1 Å². The van der Waals surface area contributed by atoms with Crippen molar-refractivity contribution in [3.8, 4) is 0 Å². The number of hydrogen-bond acceptors (Lipinski definition) is 3. The molecule has 1 heterocycles. The molecule has 0 spiro atoms. The smallest absolute Gasteiger partial charge is 0.227 e. The van der Waals surface area contributed by atoms with E-state index in [0.29, 0.717) is 0 Å². The molecule has 1 N–H and O–H groups in total. The molecular formula is C10H18N2O2. The summed E-state index contributed by atoms with van der Waals surface area (Å²) < 4.78 is 0. The van der Waals surface area contributed by atoms with E-state index in [4.69, 9.17) is 0 Å². The summed E-state index contributed by atoms with van der Waals surface area (Å²) in [6, 6.07) is 0.262. The second-order valence-corrected chi connectivity index (χ2v) is 4.02. The Morgan fingerprint density at radius 2 is 1.93 bits per heavy atom. The molecular weight excluding hydrogens is 180 g/mol. The Kier molecular flexibility index (Phi) is 4.07. The highest BCUT2D eigenvalue weighted by Crippen LogP contribution is 2.08. The lowest BCUT2D eigenvalue weighted by molar-refractivity contribution is -0.127. The minimum Gasteiger partial charge on any atom is -0.353 e. The molecule has 4 heteroatoms. The van der Waals surface area contributed by atoms with Gasteiger partial charge in [0.15, 0.2) is 0 Å². The number of ketones is 1. The molecule has 0 aromatic carbocycles. The molecule has 0 saturated carbocycles. The number of Topliss-reactive ketones (excluding diaryl/α,β-unsaturated/α-hetero) is 1. The zero-order chi connectivity index (χ0) is 10.6. The van der Waals surface area contributed by atoms with Crippen LogP contribution in [0.15, 0.2) is 0 Å². The van der Waals surface area contributed by atoms with Crippen molar-refractivity contribution in [2.45, 2.75) is 32.2 Å². The van der Waals surface area contributed by atoms with Crippen LogP contribution >= 0.6 is 0 Å². The van der Waals surface area contributed by atoms with E-state index in [-0.39, 0.29) is 24.2 Å². The van der Waals surface area contributed by atoms with Gasteiger partial charge in [-0.2, -0.15) is 0 Å². The molecule has 0 atom stereocenters. The fourth-order valence-electron chi connectivity index (χ4n) is 1.66. The van der Waals surface area contributed by atoms with Crippen molar-refractivity contribution in [1.29, 1.82) is 0 Å². The van der Waals surface area contributed by atoms with E-state index < -0.39 is 0 Å². The predicted molar refractivity (Wildman–Crippen MR) is 54.0 cm³/mol. The maximum absolute atomic E-state index is 11.3. The molecule has 80 valence electrons. The fraction of sp³-hybridized carbons (Fsp3) is 0.800. The molecule has 14 heavy (non-hydrogen) atoms. The van der Waals surface area contributed by atoms with Crippen molar-refractivity contribution < 1.29 is 9.59 Å². The van der Waals surface area contributed by atoms with Gasteiger partial charge in [-0.15, -0.1) is 0 Å². The number of nitrogens with zero attached hydrogens (tertiary/aromatic N) is 1. The van der Waals surface area contributed by atoms with Gasteiger partial charge in [-0.25, -0.2) is 0 Å². The van der Waals surface area contributed by atoms with Gasteiger partial charge in [0, 0.05) is 6.04 Å². The Balaban J connectivity index is 2.24. The Hall–Kier alpha value is -0.900. The first-order valence-electron chi connectivity index (χ1n) is 5.05. The monoisotopic (exact) mass is 198 g/mol. The molecule has 0 unspecified atom stereocenters. The average molecular weight is 198 g/mol. The highest BCUT2D eigenvalue weighted by Gasteiger charge is 2.18. The molecule has 0 radical (unpaired) electrons. The lowest BCUT2D eigenvalue weighted by Crippen LogP contribution is -2.43. The average Bonchev–Trinajstić information content (AvgIpc) is 2.07. The molecule has 1 aliphatic heterocycles. The van der Waals surface area contributed by atoms with Crippen LogP contribution in [0.1, 0.15) is 26.2 Å². The molecule has 4 nitrogen and oxygen atoms in total. The fourth-order valence-corrected chi connectivity index (χ4v) is 1.66. The number of nitrogens with one attached hydrogen (secondary N) is 1. The first-order valence-corrected chi connectivity index (χ1v) is 5.05. The van der Waals surface area contributed by atoms with E-state index >= 15 is 0 Å². The highest BCUT2D eigenvalue weighted by atomic mass is 16.2. The van der Waals surface area contributed by atoms with Gasteiger partial charge in [0.1, 0.15) is 5.78 Å². The third kappa shape index (κ3) is 3.87. The van der Waals surface area contributed by atoms with E-state index in [1.54, 1.807) is 0 Å². The summed E-state index contributed by atoms with van der Waals surface area (Å²) in [6.45, 7) is 3.48. The minimum absolute atomic E-state index is 0.0202. The lowest BCUT2D eigenvalue weighted by atomic mass is 10.1. The summed E-state index contributed by atoms with van der Waals surface area (Å²) in [5.41, 5.74) is 0. The summed E-state index contributed by atoms with van der Waals surface area (Å²) in [7, 11) is 2.08. The van der Waals surface area contributed by atoms with Crippen molar-refractivity contribution >= 4 is 11.7 Å². The minimum atomic E-state index is -0.132. The number of carbonyl (C=O) groups excluding carboxylic acids is 2. The number of likely N-dealkylation sites (tertiary alicyclic amines) is 1. The van der Waals surface area contributed by atoms with Crippen LogP contribution in [0.2, 0.25) is 0 Å². The van der Waals surface area contributed by atoms with E-state index in [1.807, 2.05) is 0 Å². The molecule has 1 amide bonds. The van der Waals surface area contributed by atoms with Crippen molar-refractivity contribution in [1.82, 2.24) is 10.2 Å². The molecule has 1 rings (SSSR count). The van der Waals surface area contributed by atoms with Crippen LogP contribution in [0.4, 0.5) is 0 Å². The van der Waals surface area contributed by atoms with Crippen molar-refractivity contribution in [2.24, 2.45) is 0 Å². The van der Waals surface area contributed by atoms with Gasteiger partial charge in [-0.1, -0.05) is 0 Å². The van der Waals surface area contributed by atoms with Gasteiger partial charge in [-0.05, 0) is 39.9 Å². The van der Waals surface area contributed by atoms with Crippen LogP contribution in [-0.4, -0.2) is 42.8 Å². The largest absolute Gasteiger partial charge is 0.353 e. The molecule has 0 aromatic rings. The summed E-state index contributed by atoms with van der Waals surface area (Å²) in [4.78, 5) is 24.2. The number of rotatable bonds is 3. The Morgan fingerprint density at radius 1 is 1.36 bits per heavy atom. The highest BCUT2D eigenvalue weighted by molar-refractivity contribution is 5.96. The summed E-state index contributed by atoms with van der Waals surface area (Å²) in [5, 5.41) is 2.88. The van der Waals surface area contributed by atoms with Gasteiger partial charge < -0.3 is 10.2 Å². The normalized spacial score (nSPS) is 19.3. The summed E-state index contributed by atoms with van der Waals surface area (Å²) in [6.07, 6.45) is 1.99. The number of carbonyl (C=O) groups is 2. The van der Waals surface area contributed by atoms with Crippen LogP contribution in [0, 0.1) is 0 Å². The molecule has 0 aromatic heterocycles. The first-order chi connectivity index (χ1) is 6.58. The van der Waals surface area contributed by atoms with Crippen LogP contribution in [-0.2, 0) is 9.59 Å². The maximum atomic E-state index is 11.3. The molecule has 0 bridgehead atoms.